The van der Waals surface area contributed by atoms with Crippen LogP contribution in [0.5, 0.6) is 0 Å². The fourth-order valence-electron chi connectivity index (χ4n) is 1.76. The number of carbonyl (C=O) groups is 1. The van der Waals surface area contributed by atoms with Crippen LogP contribution in [0.4, 0.5) is 5.69 Å². The van der Waals surface area contributed by atoms with Crippen molar-refractivity contribution in [3.8, 4) is 0 Å². The SMILES string of the molecule is Cc1cccc(/C=N/NC(=O)C(C)Nc2ccc(Cl)cc2)n1. The van der Waals surface area contributed by atoms with E-state index in [0.717, 1.165) is 11.4 Å². The molecule has 0 aliphatic carbocycles. The van der Waals surface area contributed by atoms with Crippen LogP contribution in [0.25, 0.3) is 0 Å². The van der Waals surface area contributed by atoms with Crippen molar-refractivity contribution in [1.82, 2.24) is 10.4 Å². The quantitative estimate of drug-likeness (QED) is 0.658. The number of nitrogens with one attached hydrogen (secondary N) is 2. The Bertz CT molecular complexity index is 670. The van der Waals surface area contributed by atoms with Gasteiger partial charge in [-0.2, -0.15) is 5.10 Å². The number of pyridine rings is 1. The number of halogens is 1. The first-order valence-electron chi connectivity index (χ1n) is 6.83. The first-order valence-corrected chi connectivity index (χ1v) is 7.21. The van der Waals surface area contributed by atoms with Crippen molar-refractivity contribution < 1.29 is 4.79 Å². The summed E-state index contributed by atoms with van der Waals surface area (Å²) in [6.45, 7) is 3.65. The molecule has 2 N–H and O–H groups in total. The van der Waals surface area contributed by atoms with Crippen molar-refractivity contribution in [3.05, 3.63) is 58.9 Å². The molecule has 1 unspecified atom stereocenters. The van der Waals surface area contributed by atoms with Crippen LogP contribution in [0.15, 0.2) is 47.6 Å². The van der Waals surface area contributed by atoms with Crippen LogP contribution < -0.4 is 10.7 Å². The lowest BCUT2D eigenvalue weighted by Crippen LogP contribution is -2.34. The van der Waals surface area contributed by atoms with E-state index >= 15 is 0 Å². The summed E-state index contributed by atoms with van der Waals surface area (Å²) in [6, 6.07) is 12.3. The maximum atomic E-state index is 11.9. The number of amides is 1. The van der Waals surface area contributed by atoms with Crippen LogP contribution in [0, 0.1) is 6.92 Å². The molecule has 2 aromatic rings. The molecule has 114 valence electrons. The second-order valence-electron chi connectivity index (χ2n) is 4.81. The molecule has 1 aromatic heterocycles. The lowest BCUT2D eigenvalue weighted by Gasteiger charge is -2.13. The fourth-order valence-corrected chi connectivity index (χ4v) is 1.88. The maximum absolute atomic E-state index is 11.9. The summed E-state index contributed by atoms with van der Waals surface area (Å²) in [5, 5.41) is 7.63. The van der Waals surface area contributed by atoms with Gasteiger partial charge in [0.1, 0.15) is 6.04 Å². The van der Waals surface area contributed by atoms with Gasteiger partial charge in [-0.3, -0.25) is 9.78 Å². The summed E-state index contributed by atoms with van der Waals surface area (Å²) in [4.78, 5) is 16.2. The van der Waals surface area contributed by atoms with Gasteiger partial charge in [-0.15, -0.1) is 0 Å². The number of aromatic nitrogens is 1. The third-order valence-corrected chi connectivity index (χ3v) is 3.15. The molecule has 1 atom stereocenters. The van der Waals surface area contributed by atoms with Crippen molar-refractivity contribution in [1.29, 1.82) is 0 Å². The molecule has 22 heavy (non-hydrogen) atoms. The molecule has 0 bridgehead atoms. The highest BCUT2D eigenvalue weighted by atomic mass is 35.5. The zero-order chi connectivity index (χ0) is 15.9. The van der Waals surface area contributed by atoms with E-state index in [0.29, 0.717) is 10.7 Å². The summed E-state index contributed by atoms with van der Waals surface area (Å²) in [5.74, 6) is -0.237. The summed E-state index contributed by atoms with van der Waals surface area (Å²) >= 11 is 5.82. The van der Waals surface area contributed by atoms with E-state index in [4.69, 9.17) is 11.6 Å². The minimum atomic E-state index is -0.427. The summed E-state index contributed by atoms with van der Waals surface area (Å²) < 4.78 is 0. The highest BCUT2D eigenvalue weighted by Crippen LogP contribution is 2.14. The normalized spacial score (nSPS) is 12.1. The van der Waals surface area contributed by atoms with E-state index in [-0.39, 0.29) is 5.91 Å². The highest BCUT2D eigenvalue weighted by molar-refractivity contribution is 6.30. The molecular weight excluding hydrogens is 300 g/mol. The van der Waals surface area contributed by atoms with Crippen LogP contribution in [0.2, 0.25) is 5.02 Å². The molecule has 0 aliphatic heterocycles. The molecule has 0 saturated heterocycles. The van der Waals surface area contributed by atoms with Crippen LogP contribution in [0.3, 0.4) is 0 Å². The first kappa shape index (κ1) is 16.0. The Labute approximate surface area is 134 Å². The van der Waals surface area contributed by atoms with E-state index in [1.807, 2.05) is 37.3 Å². The zero-order valence-electron chi connectivity index (χ0n) is 12.4. The van der Waals surface area contributed by atoms with Gasteiger partial charge in [0.2, 0.25) is 0 Å². The Kier molecular flexibility index (Phi) is 5.49. The van der Waals surface area contributed by atoms with Gasteiger partial charge in [-0.05, 0) is 50.2 Å². The van der Waals surface area contributed by atoms with E-state index in [9.17, 15) is 4.79 Å². The highest BCUT2D eigenvalue weighted by Gasteiger charge is 2.11. The maximum Gasteiger partial charge on any atom is 0.262 e. The lowest BCUT2D eigenvalue weighted by molar-refractivity contribution is -0.121. The minimum Gasteiger partial charge on any atom is -0.374 e. The minimum absolute atomic E-state index is 0.237. The molecule has 2 rings (SSSR count). The second kappa shape index (κ2) is 7.56. The van der Waals surface area contributed by atoms with Crippen LogP contribution in [-0.4, -0.2) is 23.1 Å². The Morgan fingerprint density at radius 2 is 2.00 bits per heavy atom. The molecule has 6 heteroatoms. The molecule has 0 fully saturated rings. The van der Waals surface area contributed by atoms with E-state index in [1.54, 1.807) is 19.1 Å². The van der Waals surface area contributed by atoms with Crippen molar-refractivity contribution in [2.75, 3.05) is 5.32 Å². The van der Waals surface area contributed by atoms with Crippen molar-refractivity contribution in [2.45, 2.75) is 19.9 Å². The predicted octanol–water partition coefficient (Wildman–Crippen LogP) is 2.99. The van der Waals surface area contributed by atoms with Gasteiger partial charge in [-0.1, -0.05) is 17.7 Å². The monoisotopic (exact) mass is 316 g/mol. The summed E-state index contributed by atoms with van der Waals surface area (Å²) in [5.41, 5.74) is 4.89. The predicted molar refractivity (Wildman–Crippen MR) is 89.2 cm³/mol. The third kappa shape index (κ3) is 4.86. The molecule has 0 radical (unpaired) electrons. The van der Waals surface area contributed by atoms with Crippen molar-refractivity contribution >= 4 is 29.4 Å². The van der Waals surface area contributed by atoms with Crippen LogP contribution >= 0.6 is 11.6 Å². The van der Waals surface area contributed by atoms with Gasteiger partial charge in [0.05, 0.1) is 11.9 Å². The molecule has 1 aromatic carbocycles. The number of nitrogens with zero attached hydrogens (tertiary/aromatic N) is 2. The smallest absolute Gasteiger partial charge is 0.262 e. The average molecular weight is 317 g/mol. The fraction of sp³-hybridized carbons (Fsp3) is 0.188. The van der Waals surface area contributed by atoms with Gasteiger partial charge < -0.3 is 5.32 Å². The standard InChI is InChI=1S/C16H17ClN4O/c1-11-4-3-5-15(19-11)10-18-21-16(22)12(2)20-14-8-6-13(17)7-9-14/h3-10,12,20H,1-2H3,(H,21,22)/b18-10+. The Morgan fingerprint density at radius 3 is 2.68 bits per heavy atom. The number of hydrogen-bond acceptors (Lipinski definition) is 4. The van der Waals surface area contributed by atoms with E-state index in [1.165, 1.54) is 6.21 Å². The largest absolute Gasteiger partial charge is 0.374 e. The molecular formula is C16H17ClN4O. The molecule has 0 spiro atoms. The van der Waals surface area contributed by atoms with E-state index in [2.05, 4.69) is 20.8 Å². The molecule has 0 saturated carbocycles. The first-order chi connectivity index (χ1) is 10.5. The number of rotatable bonds is 5. The van der Waals surface area contributed by atoms with Crippen molar-refractivity contribution in [2.24, 2.45) is 5.10 Å². The average Bonchev–Trinajstić information content (AvgIpc) is 2.49. The third-order valence-electron chi connectivity index (χ3n) is 2.90. The topological polar surface area (TPSA) is 66.4 Å². The molecule has 5 nitrogen and oxygen atoms in total. The lowest BCUT2D eigenvalue weighted by atomic mass is 10.2. The molecule has 1 heterocycles. The van der Waals surface area contributed by atoms with Gasteiger partial charge in [0.15, 0.2) is 0 Å². The number of benzene rings is 1. The number of anilines is 1. The number of hydrazone groups is 1. The summed E-state index contributed by atoms with van der Waals surface area (Å²) in [7, 11) is 0. The van der Waals surface area contributed by atoms with Crippen LogP contribution in [-0.2, 0) is 4.79 Å². The van der Waals surface area contributed by atoms with Gasteiger partial charge >= 0.3 is 0 Å². The van der Waals surface area contributed by atoms with Crippen molar-refractivity contribution in [3.63, 3.8) is 0 Å². The Hall–Kier alpha value is -2.40. The van der Waals surface area contributed by atoms with E-state index < -0.39 is 6.04 Å². The molecule has 0 aliphatic rings. The number of hydrogen-bond donors (Lipinski definition) is 2. The van der Waals surface area contributed by atoms with Gasteiger partial charge in [-0.25, -0.2) is 5.43 Å². The zero-order valence-corrected chi connectivity index (χ0v) is 13.1. The Morgan fingerprint density at radius 1 is 1.27 bits per heavy atom. The van der Waals surface area contributed by atoms with Crippen LogP contribution in [0.1, 0.15) is 18.3 Å². The number of aryl methyl sites for hydroxylation is 1. The Balaban J connectivity index is 1.87. The molecule has 1 amide bonds. The second-order valence-corrected chi connectivity index (χ2v) is 5.25. The van der Waals surface area contributed by atoms with Gasteiger partial charge in [0, 0.05) is 16.4 Å². The summed E-state index contributed by atoms with van der Waals surface area (Å²) in [6.07, 6.45) is 1.51. The number of carbonyl (C=O) groups excluding carboxylic acids is 1. The van der Waals surface area contributed by atoms with Gasteiger partial charge in [0.25, 0.3) is 5.91 Å².